The molecule has 0 radical (unpaired) electrons. The second-order valence-electron chi connectivity index (χ2n) is 7.65. The van der Waals surface area contributed by atoms with Crippen molar-refractivity contribution in [2.45, 2.75) is 49.7 Å². The molecule has 4 heteroatoms. The van der Waals surface area contributed by atoms with Crippen molar-refractivity contribution in [3.8, 4) is 11.5 Å². The molecular weight excluding hydrogens is 290 g/mol. The zero-order valence-electron chi connectivity index (χ0n) is 14.3. The van der Waals surface area contributed by atoms with E-state index in [0.29, 0.717) is 6.04 Å². The summed E-state index contributed by atoms with van der Waals surface area (Å²) < 4.78 is 10.9. The minimum absolute atomic E-state index is 0.122. The summed E-state index contributed by atoms with van der Waals surface area (Å²) in [4.78, 5) is 2.49. The molecule has 3 atom stereocenters. The molecule has 2 aliphatic carbocycles. The van der Waals surface area contributed by atoms with Crippen LogP contribution >= 0.6 is 0 Å². The fourth-order valence-electron chi connectivity index (χ4n) is 5.52. The van der Waals surface area contributed by atoms with Crippen LogP contribution in [0.3, 0.4) is 0 Å². The summed E-state index contributed by atoms with van der Waals surface area (Å²) >= 11 is 0. The number of likely N-dealkylation sites (tertiary alicyclic amines) is 1. The standard InChI is InChI=1S/C19H27NO3/c1-20-11-10-18(7-6-16(21)19(8-9-19)17(18)20)13-4-5-14(22-2)15(12-13)23-3/h4-5,12,16-17,21H,6-11H2,1-3H3/t16-,17+,18-/m0/s1. The Hall–Kier alpha value is -1.26. The Morgan fingerprint density at radius 3 is 2.48 bits per heavy atom. The molecular formula is C19H27NO3. The average molecular weight is 317 g/mol. The van der Waals surface area contributed by atoms with Gasteiger partial charge in [0, 0.05) is 16.9 Å². The Kier molecular flexibility index (Phi) is 3.40. The number of fused-ring (bicyclic) bond motifs is 2. The summed E-state index contributed by atoms with van der Waals surface area (Å²) in [6.07, 6.45) is 5.33. The number of benzene rings is 1. The monoisotopic (exact) mass is 317 g/mol. The lowest BCUT2D eigenvalue weighted by atomic mass is 9.60. The normalized spacial score (nSPS) is 35.1. The van der Waals surface area contributed by atoms with Crippen LogP contribution < -0.4 is 9.47 Å². The van der Waals surface area contributed by atoms with Crippen LogP contribution in [0, 0.1) is 5.41 Å². The van der Waals surface area contributed by atoms with Crippen LogP contribution in [0.4, 0.5) is 0 Å². The summed E-state index contributed by atoms with van der Waals surface area (Å²) in [6.45, 7) is 1.10. The minimum Gasteiger partial charge on any atom is -0.493 e. The number of nitrogens with zero attached hydrogens (tertiary/aromatic N) is 1. The number of hydrogen-bond donors (Lipinski definition) is 1. The van der Waals surface area contributed by atoms with Crippen molar-refractivity contribution in [1.82, 2.24) is 4.90 Å². The van der Waals surface area contributed by atoms with Crippen molar-refractivity contribution < 1.29 is 14.6 Å². The molecule has 1 heterocycles. The van der Waals surface area contributed by atoms with E-state index in [1.54, 1.807) is 14.2 Å². The van der Waals surface area contributed by atoms with Gasteiger partial charge in [0.25, 0.3) is 0 Å². The smallest absolute Gasteiger partial charge is 0.161 e. The molecule has 2 saturated carbocycles. The summed E-state index contributed by atoms with van der Waals surface area (Å²) in [5.41, 5.74) is 1.61. The Labute approximate surface area is 138 Å². The minimum atomic E-state index is -0.138. The van der Waals surface area contributed by atoms with Crippen molar-refractivity contribution in [3.63, 3.8) is 0 Å². The van der Waals surface area contributed by atoms with Gasteiger partial charge in [-0.15, -0.1) is 0 Å². The lowest BCUT2D eigenvalue weighted by Crippen LogP contribution is -2.55. The topological polar surface area (TPSA) is 41.9 Å². The van der Waals surface area contributed by atoms with E-state index in [-0.39, 0.29) is 16.9 Å². The van der Waals surface area contributed by atoms with Gasteiger partial charge in [0.15, 0.2) is 11.5 Å². The van der Waals surface area contributed by atoms with Gasteiger partial charge in [0.05, 0.1) is 20.3 Å². The molecule has 1 spiro atoms. The molecule has 1 N–H and O–H groups in total. The van der Waals surface area contributed by atoms with E-state index in [0.717, 1.165) is 50.1 Å². The predicted molar refractivity (Wildman–Crippen MR) is 89.2 cm³/mol. The molecule has 1 aromatic carbocycles. The van der Waals surface area contributed by atoms with Gasteiger partial charge < -0.3 is 19.5 Å². The van der Waals surface area contributed by atoms with Crippen molar-refractivity contribution in [2.24, 2.45) is 5.41 Å². The first-order valence-corrected chi connectivity index (χ1v) is 8.68. The van der Waals surface area contributed by atoms with Crippen LogP contribution in [-0.2, 0) is 5.41 Å². The zero-order chi connectivity index (χ0) is 16.2. The Bertz CT molecular complexity index is 613. The molecule has 126 valence electrons. The fraction of sp³-hybridized carbons (Fsp3) is 0.684. The molecule has 3 fully saturated rings. The molecule has 1 aromatic rings. The molecule has 0 amide bonds. The number of aliphatic hydroxyl groups excluding tert-OH is 1. The zero-order valence-corrected chi connectivity index (χ0v) is 14.3. The van der Waals surface area contributed by atoms with Gasteiger partial charge in [0.1, 0.15) is 0 Å². The number of ether oxygens (including phenoxy) is 2. The van der Waals surface area contributed by atoms with Gasteiger partial charge in [0.2, 0.25) is 0 Å². The lowest BCUT2D eigenvalue weighted by Gasteiger charge is -2.49. The molecule has 1 aliphatic heterocycles. The van der Waals surface area contributed by atoms with Gasteiger partial charge >= 0.3 is 0 Å². The van der Waals surface area contributed by atoms with Crippen molar-refractivity contribution in [1.29, 1.82) is 0 Å². The molecule has 0 bridgehead atoms. The predicted octanol–water partition coefficient (Wildman–Crippen LogP) is 2.58. The van der Waals surface area contributed by atoms with Crippen LogP contribution in [0.1, 0.15) is 37.7 Å². The van der Waals surface area contributed by atoms with E-state index in [2.05, 4.69) is 24.1 Å². The van der Waals surface area contributed by atoms with E-state index in [1.165, 1.54) is 5.56 Å². The highest BCUT2D eigenvalue weighted by atomic mass is 16.5. The van der Waals surface area contributed by atoms with Gasteiger partial charge in [-0.25, -0.2) is 0 Å². The van der Waals surface area contributed by atoms with Gasteiger partial charge in [-0.1, -0.05) is 6.07 Å². The van der Waals surface area contributed by atoms with Crippen molar-refractivity contribution in [2.75, 3.05) is 27.8 Å². The van der Waals surface area contributed by atoms with Gasteiger partial charge in [-0.2, -0.15) is 0 Å². The maximum atomic E-state index is 10.6. The number of likely N-dealkylation sites (N-methyl/N-ethyl adjacent to an activating group) is 1. The number of hydrogen-bond acceptors (Lipinski definition) is 4. The number of aliphatic hydroxyl groups is 1. The SMILES string of the molecule is COc1ccc([C@@]23CC[C@H](O)C4(CC4)[C@@H]2N(C)CC3)cc1OC. The summed E-state index contributed by atoms with van der Waals surface area (Å²) in [5, 5.41) is 10.6. The lowest BCUT2D eigenvalue weighted by molar-refractivity contribution is -0.0230. The first-order chi connectivity index (χ1) is 11.1. The molecule has 0 aromatic heterocycles. The third kappa shape index (κ3) is 1.97. The number of rotatable bonds is 3. The van der Waals surface area contributed by atoms with E-state index in [1.807, 2.05) is 6.07 Å². The first-order valence-electron chi connectivity index (χ1n) is 8.68. The Morgan fingerprint density at radius 1 is 1.09 bits per heavy atom. The van der Waals surface area contributed by atoms with Crippen molar-refractivity contribution in [3.05, 3.63) is 23.8 Å². The number of methoxy groups -OCH3 is 2. The molecule has 4 nitrogen and oxygen atoms in total. The highest BCUT2D eigenvalue weighted by Crippen LogP contribution is 2.65. The summed E-state index contributed by atoms with van der Waals surface area (Å²) in [7, 11) is 5.61. The largest absolute Gasteiger partial charge is 0.493 e. The van der Waals surface area contributed by atoms with Crippen LogP contribution in [0.25, 0.3) is 0 Å². The molecule has 4 rings (SSSR count). The molecule has 1 saturated heterocycles. The summed E-state index contributed by atoms with van der Waals surface area (Å²) in [5.74, 6) is 1.59. The third-order valence-electron chi connectivity index (χ3n) is 6.73. The third-order valence-corrected chi connectivity index (χ3v) is 6.73. The van der Waals surface area contributed by atoms with Crippen LogP contribution in [0.15, 0.2) is 18.2 Å². The second-order valence-corrected chi connectivity index (χ2v) is 7.65. The average Bonchev–Trinajstić information content (AvgIpc) is 3.28. The van der Waals surface area contributed by atoms with Gasteiger partial charge in [-0.3, -0.25) is 0 Å². The van der Waals surface area contributed by atoms with E-state index in [4.69, 9.17) is 9.47 Å². The fourth-order valence-corrected chi connectivity index (χ4v) is 5.52. The van der Waals surface area contributed by atoms with E-state index >= 15 is 0 Å². The van der Waals surface area contributed by atoms with Crippen molar-refractivity contribution >= 4 is 0 Å². The highest BCUT2D eigenvalue weighted by molar-refractivity contribution is 5.47. The van der Waals surface area contributed by atoms with E-state index < -0.39 is 0 Å². The quantitative estimate of drug-likeness (QED) is 0.930. The first kappa shape index (κ1) is 15.3. The van der Waals surface area contributed by atoms with Crippen LogP contribution in [0.2, 0.25) is 0 Å². The molecule has 3 aliphatic rings. The van der Waals surface area contributed by atoms with Crippen LogP contribution in [0.5, 0.6) is 11.5 Å². The Morgan fingerprint density at radius 2 is 1.83 bits per heavy atom. The van der Waals surface area contributed by atoms with E-state index in [9.17, 15) is 5.11 Å². The summed E-state index contributed by atoms with van der Waals surface area (Å²) in [6, 6.07) is 6.85. The highest BCUT2D eigenvalue weighted by Gasteiger charge is 2.67. The second kappa shape index (κ2) is 5.12. The molecule has 0 unspecified atom stereocenters. The Balaban J connectivity index is 1.80. The van der Waals surface area contributed by atoms with Gasteiger partial charge in [-0.05, 0) is 63.4 Å². The molecule has 23 heavy (non-hydrogen) atoms. The maximum absolute atomic E-state index is 10.6. The van der Waals surface area contributed by atoms with Crippen LogP contribution in [-0.4, -0.2) is 50.0 Å². The maximum Gasteiger partial charge on any atom is 0.161 e.